The van der Waals surface area contributed by atoms with Crippen LogP contribution in [0.15, 0.2) is 54.6 Å². The summed E-state index contributed by atoms with van der Waals surface area (Å²) in [5.41, 5.74) is 2.53. The Balaban J connectivity index is 1.73. The number of hydrogen-bond acceptors (Lipinski definition) is 6. The molecule has 0 fully saturated rings. The minimum Gasteiger partial charge on any atom is -0.465 e. The Labute approximate surface area is 166 Å². The fourth-order valence-electron chi connectivity index (χ4n) is 2.49. The van der Waals surface area contributed by atoms with Gasteiger partial charge in [-0.25, -0.2) is 4.79 Å². The van der Waals surface area contributed by atoms with Gasteiger partial charge in [-0.2, -0.15) is 0 Å². The van der Waals surface area contributed by atoms with Crippen molar-refractivity contribution < 1.29 is 14.3 Å². The van der Waals surface area contributed by atoms with E-state index in [2.05, 4.69) is 20.8 Å². The van der Waals surface area contributed by atoms with E-state index in [9.17, 15) is 9.59 Å². The number of nitrogens with zero attached hydrogens (tertiary/aromatic N) is 2. The lowest BCUT2D eigenvalue weighted by Gasteiger charge is -2.10. The molecule has 7 nitrogen and oxygen atoms in total. The number of esters is 1. The van der Waals surface area contributed by atoms with Gasteiger partial charge in [0.25, 0.3) is 5.91 Å². The van der Waals surface area contributed by atoms with E-state index in [-0.39, 0.29) is 11.6 Å². The van der Waals surface area contributed by atoms with Crippen LogP contribution in [0.2, 0.25) is 5.02 Å². The van der Waals surface area contributed by atoms with Gasteiger partial charge in [0.15, 0.2) is 11.5 Å². The summed E-state index contributed by atoms with van der Waals surface area (Å²) in [5, 5.41) is 14.3. The van der Waals surface area contributed by atoms with E-state index in [1.807, 2.05) is 6.92 Å². The lowest BCUT2D eigenvalue weighted by atomic mass is 10.2. The lowest BCUT2D eigenvalue weighted by molar-refractivity contribution is 0.0601. The fraction of sp³-hybridized carbons (Fsp3) is 0.100. The molecule has 0 aliphatic rings. The van der Waals surface area contributed by atoms with Gasteiger partial charge in [-0.3, -0.25) is 4.79 Å². The molecular weight excluding hydrogens is 380 g/mol. The molecule has 1 amide bonds. The molecule has 0 saturated carbocycles. The molecule has 142 valence electrons. The van der Waals surface area contributed by atoms with Gasteiger partial charge in [-0.05, 0) is 55.0 Å². The predicted octanol–water partition coefficient (Wildman–Crippen LogP) is 4.22. The van der Waals surface area contributed by atoms with Crippen LogP contribution in [0.3, 0.4) is 0 Å². The van der Waals surface area contributed by atoms with Crippen molar-refractivity contribution in [2.75, 3.05) is 17.7 Å². The molecular formula is C20H17ClN4O3. The number of methoxy groups -OCH3 is 1. The molecule has 3 rings (SSSR count). The summed E-state index contributed by atoms with van der Waals surface area (Å²) in [6.45, 7) is 1.85. The second-order valence-electron chi connectivity index (χ2n) is 5.88. The highest BCUT2D eigenvalue weighted by Crippen LogP contribution is 2.21. The third-order valence-corrected chi connectivity index (χ3v) is 4.16. The second kappa shape index (κ2) is 8.49. The van der Waals surface area contributed by atoms with Crippen LogP contribution >= 0.6 is 11.6 Å². The van der Waals surface area contributed by atoms with Gasteiger partial charge in [-0.1, -0.05) is 23.7 Å². The van der Waals surface area contributed by atoms with Crippen LogP contribution in [0, 0.1) is 6.92 Å². The number of carbonyl (C=O) groups excluding carboxylic acids is 2. The molecule has 28 heavy (non-hydrogen) atoms. The maximum atomic E-state index is 12.4. The van der Waals surface area contributed by atoms with Crippen molar-refractivity contribution in [3.8, 4) is 0 Å². The average Bonchev–Trinajstić information content (AvgIpc) is 2.70. The number of amides is 1. The first-order chi connectivity index (χ1) is 13.5. The molecule has 2 aromatic carbocycles. The van der Waals surface area contributed by atoms with Crippen LogP contribution in [0.5, 0.6) is 0 Å². The minimum absolute atomic E-state index is 0.154. The third-order valence-electron chi connectivity index (χ3n) is 3.93. The number of carbonyl (C=O) groups is 2. The zero-order valence-electron chi connectivity index (χ0n) is 15.2. The van der Waals surface area contributed by atoms with Crippen LogP contribution in [0.25, 0.3) is 0 Å². The number of aromatic nitrogens is 2. The number of ether oxygens (including phenoxy) is 1. The number of halogens is 1. The van der Waals surface area contributed by atoms with Crippen LogP contribution in [0.4, 0.5) is 17.2 Å². The van der Waals surface area contributed by atoms with Crippen LogP contribution in [-0.4, -0.2) is 29.2 Å². The van der Waals surface area contributed by atoms with E-state index in [0.717, 1.165) is 5.56 Å². The van der Waals surface area contributed by atoms with Crippen molar-refractivity contribution in [1.29, 1.82) is 0 Å². The zero-order chi connectivity index (χ0) is 20.1. The number of nitrogens with one attached hydrogen (secondary N) is 2. The number of rotatable bonds is 5. The van der Waals surface area contributed by atoms with Crippen molar-refractivity contribution in [2.24, 2.45) is 0 Å². The molecule has 0 unspecified atom stereocenters. The number of aryl methyl sites for hydroxylation is 1. The van der Waals surface area contributed by atoms with Gasteiger partial charge >= 0.3 is 5.97 Å². The number of para-hydroxylation sites is 1. The Morgan fingerprint density at radius 1 is 1.00 bits per heavy atom. The topological polar surface area (TPSA) is 93.2 Å². The summed E-state index contributed by atoms with van der Waals surface area (Å²) in [6.07, 6.45) is 0. The van der Waals surface area contributed by atoms with E-state index >= 15 is 0 Å². The van der Waals surface area contributed by atoms with Crippen molar-refractivity contribution in [1.82, 2.24) is 10.2 Å². The van der Waals surface area contributed by atoms with E-state index in [1.165, 1.54) is 13.2 Å². The Morgan fingerprint density at radius 2 is 1.79 bits per heavy atom. The van der Waals surface area contributed by atoms with E-state index < -0.39 is 5.97 Å². The summed E-state index contributed by atoms with van der Waals surface area (Å²) in [4.78, 5) is 24.2. The van der Waals surface area contributed by atoms with Gasteiger partial charge < -0.3 is 15.4 Å². The van der Waals surface area contributed by atoms with E-state index in [1.54, 1.807) is 48.5 Å². The van der Waals surface area contributed by atoms with Crippen LogP contribution in [-0.2, 0) is 4.74 Å². The maximum absolute atomic E-state index is 12.4. The normalized spacial score (nSPS) is 10.2. The molecule has 1 aromatic heterocycles. The molecule has 0 aliphatic carbocycles. The lowest BCUT2D eigenvalue weighted by Crippen LogP contribution is -2.15. The smallest absolute Gasteiger partial charge is 0.339 e. The molecule has 2 N–H and O–H groups in total. The van der Waals surface area contributed by atoms with Crippen molar-refractivity contribution in [3.63, 3.8) is 0 Å². The molecule has 0 saturated heterocycles. The quantitative estimate of drug-likeness (QED) is 0.627. The summed E-state index contributed by atoms with van der Waals surface area (Å²) >= 11 is 5.92. The molecule has 0 radical (unpaired) electrons. The Bertz CT molecular complexity index is 1020. The third kappa shape index (κ3) is 4.44. The fourth-order valence-corrected chi connectivity index (χ4v) is 2.72. The van der Waals surface area contributed by atoms with Crippen molar-refractivity contribution in [2.45, 2.75) is 6.92 Å². The summed E-state index contributed by atoms with van der Waals surface area (Å²) in [6, 6.07) is 15.2. The number of hydrogen-bond donors (Lipinski definition) is 2. The number of benzene rings is 2. The molecule has 1 heterocycles. The summed E-state index contributed by atoms with van der Waals surface area (Å²) in [7, 11) is 1.31. The van der Waals surface area contributed by atoms with Gasteiger partial charge in [0.05, 0.1) is 18.4 Å². The summed E-state index contributed by atoms with van der Waals surface area (Å²) < 4.78 is 4.76. The molecule has 0 aliphatic heterocycles. The Kier molecular flexibility index (Phi) is 5.86. The van der Waals surface area contributed by atoms with Crippen LogP contribution < -0.4 is 10.6 Å². The Hall–Kier alpha value is -3.45. The molecule has 0 atom stereocenters. The summed E-state index contributed by atoms with van der Waals surface area (Å²) in [5.74, 6) is -0.472. The average molecular weight is 397 g/mol. The first-order valence-electron chi connectivity index (χ1n) is 8.33. The zero-order valence-corrected chi connectivity index (χ0v) is 15.9. The molecule has 0 bridgehead atoms. The van der Waals surface area contributed by atoms with Gasteiger partial charge in [0, 0.05) is 10.7 Å². The molecule has 8 heteroatoms. The molecule has 3 aromatic rings. The highest BCUT2D eigenvalue weighted by atomic mass is 35.5. The van der Waals surface area contributed by atoms with Crippen molar-refractivity contribution >= 4 is 40.7 Å². The van der Waals surface area contributed by atoms with Crippen LogP contribution in [0.1, 0.15) is 26.4 Å². The highest BCUT2D eigenvalue weighted by molar-refractivity contribution is 6.30. The van der Waals surface area contributed by atoms with Gasteiger partial charge in [0.1, 0.15) is 0 Å². The number of anilines is 3. The minimum atomic E-state index is -0.467. The SMILES string of the molecule is COC(=O)c1ccccc1Nc1ccc(C(=O)Nc2ccc(Cl)cc2C)nn1. The monoisotopic (exact) mass is 396 g/mol. The van der Waals surface area contributed by atoms with Gasteiger partial charge in [0.2, 0.25) is 0 Å². The van der Waals surface area contributed by atoms with Gasteiger partial charge in [-0.15, -0.1) is 10.2 Å². The second-order valence-corrected chi connectivity index (χ2v) is 6.32. The van der Waals surface area contributed by atoms with Crippen molar-refractivity contribution in [3.05, 3.63) is 76.4 Å². The molecule has 0 spiro atoms. The first kappa shape index (κ1) is 19.3. The highest BCUT2D eigenvalue weighted by Gasteiger charge is 2.13. The standard InChI is InChI=1S/C20H17ClN4O3/c1-12-11-13(21)7-8-15(12)23-19(26)17-9-10-18(25-24-17)22-16-6-4-3-5-14(16)20(27)28-2/h3-11H,1-2H3,(H,22,25)(H,23,26). The first-order valence-corrected chi connectivity index (χ1v) is 8.71. The van der Waals surface area contributed by atoms with E-state index in [4.69, 9.17) is 16.3 Å². The maximum Gasteiger partial charge on any atom is 0.339 e. The largest absolute Gasteiger partial charge is 0.465 e. The van der Waals surface area contributed by atoms with E-state index in [0.29, 0.717) is 27.8 Å². The predicted molar refractivity (Wildman–Crippen MR) is 107 cm³/mol. The Morgan fingerprint density at radius 3 is 2.46 bits per heavy atom.